The van der Waals surface area contributed by atoms with Crippen LogP contribution in [0.4, 0.5) is 5.95 Å². The summed E-state index contributed by atoms with van der Waals surface area (Å²) >= 11 is 0. The number of rotatable bonds is 3. The van der Waals surface area contributed by atoms with E-state index in [2.05, 4.69) is 84.7 Å². The predicted octanol–water partition coefficient (Wildman–Crippen LogP) is 4.86. The van der Waals surface area contributed by atoms with Crippen LogP contribution in [0.15, 0.2) is 54.9 Å². The molecule has 1 aliphatic rings. The quantitative estimate of drug-likeness (QED) is 0.745. The summed E-state index contributed by atoms with van der Waals surface area (Å²) < 4.78 is 2.00. The average molecular weight is 332 g/mol. The standard InChI is InChI=1S/C21H24N4/c1-14(2)16-8-10-17(11-9-16)19-12-20(18-6-4-15(3)5-7-18)25-21(24-19)22-13-23-25/h4-11,13-14,19-20H,12H2,1-3H3,(H,22,23,24)/t19-,20+/m1/s1. The van der Waals surface area contributed by atoms with Crippen LogP contribution < -0.4 is 5.32 Å². The van der Waals surface area contributed by atoms with E-state index in [0.29, 0.717) is 5.92 Å². The molecule has 4 nitrogen and oxygen atoms in total. The van der Waals surface area contributed by atoms with E-state index in [0.717, 1.165) is 12.4 Å². The van der Waals surface area contributed by atoms with Crippen molar-refractivity contribution < 1.29 is 0 Å². The largest absolute Gasteiger partial charge is 0.348 e. The molecule has 0 amide bonds. The van der Waals surface area contributed by atoms with E-state index in [1.54, 1.807) is 6.33 Å². The molecule has 2 aromatic carbocycles. The molecule has 3 aromatic rings. The summed E-state index contributed by atoms with van der Waals surface area (Å²) in [6, 6.07) is 18.1. The Morgan fingerprint density at radius 3 is 2.36 bits per heavy atom. The van der Waals surface area contributed by atoms with Gasteiger partial charge >= 0.3 is 0 Å². The van der Waals surface area contributed by atoms with Gasteiger partial charge in [0.15, 0.2) is 0 Å². The number of aryl methyl sites for hydroxylation is 1. The van der Waals surface area contributed by atoms with Crippen LogP contribution in [0.5, 0.6) is 0 Å². The van der Waals surface area contributed by atoms with E-state index in [9.17, 15) is 0 Å². The van der Waals surface area contributed by atoms with Gasteiger partial charge in [0.1, 0.15) is 6.33 Å². The second-order valence-electron chi connectivity index (χ2n) is 7.21. The third-order valence-electron chi connectivity index (χ3n) is 5.10. The minimum atomic E-state index is 0.203. The lowest BCUT2D eigenvalue weighted by atomic mass is 9.91. The van der Waals surface area contributed by atoms with Crippen LogP contribution in [0.25, 0.3) is 0 Å². The van der Waals surface area contributed by atoms with Gasteiger partial charge in [-0.15, -0.1) is 0 Å². The lowest BCUT2D eigenvalue weighted by Gasteiger charge is -2.32. The fourth-order valence-electron chi connectivity index (χ4n) is 3.52. The van der Waals surface area contributed by atoms with Crippen LogP contribution in [0.2, 0.25) is 0 Å². The zero-order chi connectivity index (χ0) is 17.4. The molecule has 0 saturated carbocycles. The van der Waals surface area contributed by atoms with Gasteiger partial charge < -0.3 is 5.32 Å². The molecule has 0 bridgehead atoms. The van der Waals surface area contributed by atoms with Crippen molar-refractivity contribution in [1.29, 1.82) is 0 Å². The number of fused-ring (bicyclic) bond motifs is 1. The molecular weight excluding hydrogens is 308 g/mol. The summed E-state index contributed by atoms with van der Waals surface area (Å²) in [4.78, 5) is 4.41. The first-order chi connectivity index (χ1) is 12.1. The van der Waals surface area contributed by atoms with E-state index >= 15 is 0 Å². The minimum Gasteiger partial charge on any atom is -0.348 e. The number of anilines is 1. The average Bonchev–Trinajstić information content (AvgIpc) is 3.10. The Kier molecular flexibility index (Phi) is 4.04. The highest BCUT2D eigenvalue weighted by molar-refractivity contribution is 5.39. The first-order valence-corrected chi connectivity index (χ1v) is 8.94. The van der Waals surface area contributed by atoms with Crippen molar-refractivity contribution in [3.8, 4) is 0 Å². The monoisotopic (exact) mass is 332 g/mol. The van der Waals surface area contributed by atoms with Crippen LogP contribution in [0.1, 0.15) is 60.5 Å². The number of nitrogens with zero attached hydrogens (tertiary/aromatic N) is 3. The summed E-state index contributed by atoms with van der Waals surface area (Å²) in [5, 5.41) is 7.99. The predicted molar refractivity (Wildman–Crippen MR) is 101 cm³/mol. The highest BCUT2D eigenvalue weighted by atomic mass is 15.4. The minimum absolute atomic E-state index is 0.203. The van der Waals surface area contributed by atoms with Crippen molar-refractivity contribution in [1.82, 2.24) is 14.8 Å². The molecular formula is C21H24N4. The molecule has 2 heterocycles. The molecule has 25 heavy (non-hydrogen) atoms. The maximum atomic E-state index is 4.45. The highest BCUT2D eigenvalue weighted by Gasteiger charge is 2.29. The van der Waals surface area contributed by atoms with Crippen LogP contribution in [0.3, 0.4) is 0 Å². The van der Waals surface area contributed by atoms with Gasteiger partial charge in [0.05, 0.1) is 12.1 Å². The van der Waals surface area contributed by atoms with E-state index < -0.39 is 0 Å². The molecule has 0 aliphatic carbocycles. The maximum absolute atomic E-state index is 4.45. The maximum Gasteiger partial charge on any atom is 0.222 e. The Hall–Kier alpha value is -2.62. The Balaban J connectivity index is 1.67. The van der Waals surface area contributed by atoms with E-state index in [1.165, 1.54) is 22.3 Å². The Morgan fingerprint density at radius 2 is 1.68 bits per heavy atom. The molecule has 1 aliphatic heterocycles. The van der Waals surface area contributed by atoms with Crippen molar-refractivity contribution in [2.75, 3.05) is 5.32 Å². The molecule has 0 saturated heterocycles. The molecule has 0 unspecified atom stereocenters. The number of hydrogen-bond acceptors (Lipinski definition) is 3. The number of nitrogens with one attached hydrogen (secondary N) is 1. The van der Waals surface area contributed by atoms with Crippen LogP contribution in [0, 0.1) is 6.92 Å². The van der Waals surface area contributed by atoms with E-state index in [1.807, 2.05) is 4.68 Å². The summed E-state index contributed by atoms with van der Waals surface area (Å²) in [5.74, 6) is 1.39. The van der Waals surface area contributed by atoms with Crippen molar-refractivity contribution in [3.63, 3.8) is 0 Å². The number of benzene rings is 2. The van der Waals surface area contributed by atoms with Gasteiger partial charge in [-0.25, -0.2) is 4.68 Å². The normalized spacial score (nSPS) is 19.5. The summed E-state index contributed by atoms with van der Waals surface area (Å²) in [7, 11) is 0. The van der Waals surface area contributed by atoms with Gasteiger partial charge in [-0.3, -0.25) is 0 Å². The zero-order valence-electron chi connectivity index (χ0n) is 15.0. The van der Waals surface area contributed by atoms with E-state index in [4.69, 9.17) is 0 Å². The molecule has 0 spiro atoms. The van der Waals surface area contributed by atoms with Gasteiger partial charge in [-0.05, 0) is 36.0 Å². The molecule has 1 N–H and O–H groups in total. The first kappa shape index (κ1) is 15.9. The summed E-state index contributed by atoms with van der Waals surface area (Å²) in [6.45, 7) is 6.57. The Labute approximate surface area is 148 Å². The lowest BCUT2D eigenvalue weighted by molar-refractivity contribution is 0.431. The highest BCUT2D eigenvalue weighted by Crippen LogP contribution is 2.37. The van der Waals surface area contributed by atoms with Gasteiger partial charge in [0, 0.05) is 0 Å². The Bertz CT molecular complexity index is 846. The van der Waals surface area contributed by atoms with Gasteiger partial charge in [-0.2, -0.15) is 10.1 Å². The summed E-state index contributed by atoms with van der Waals surface area (Å²) in [5.41, 5.74) is 5.23. The van der Waals surface area contributed by atoms with Crippen LogP contribution >= 0.6 is 0 Å². The van der Waals surface area contributed by atoms with Crippen molar-refractivity contribution in [3.05, 3.63) is 77.1 Å². The third kappa shape index (κ3) is 3.04. The van der Waals surface area contributed by atoms with Crippen molar-refractivity contribution in [2.24, 2.45) is 0 Å². The van der Waals surface area contributed by atoms with Gasteiger partial charge in [-0.1, -0.05) is 67.9 Å². The lowest BCUT2D eigenvalue weighted by Crippen LogP contribution is -2.28. The fourth-order valence-corrected chi connectivity index (χ4v) is 3.52. The molecule has 4 heteroatoms. The van der Waals surface area contributed by atoms with Crippen molar-refractivity contribution in [2.45, 2.75) is 45.2 Å². The molecule has 4 rings (SSSR count). The summed E-state index contributed by atoms with van der Waals surface area (Å²) in [6.07, 6.45) is 2.59. The van der Waals surface area contributed by atoms with Gasteiger partial charge in [0.2, 0.25) is 5.95 Å². The third-order valence-corrected chi connectivity index (χ3v) is 5.10. The second-order valence-corrected chi connectivity index (χ2v) is 7.21. The van der Waals surface area contributed by atoms with Gasteiger partial charge in [0.25, 0.3) is 0 Å². The first-order valence-electron chi connectivity index (χ1n) is 8.94. The molecule has 0 fully saturated rings. The van der Waals surface area contributed by atoms with Crippen LogP contribution in [-0.4, -0.2) is 14.8 Å². The second kappa shape index (κ2) is 6.36. The van der Waals surface area contributed by atoms with Crippen molar-refractivity contribution >= 4 is 5.95 Å². The number of aromatic nitrogens is 3. The Morgan fingerprint density at radius 1 is 1.00 bits per heavy atom. The molecule has 128 valence electrons. The smallest absolute Gasteiger partial charge is 0.222 e. The SMILES string of the molecule is Cc1ccc([C@@H]2C[C@H](c3ccc(C(C)C)cc3)Nc3ncnn32)cc1. The van der Waals surface area contributed by atoms with E-state index in [-0.39, 0.29) is 12.1 Å². The molecule has 0 radical (unpaired) electrons. The number of hydrogen-bond donors (Lipinski definition) is 1. The fraction of sp³-hybridized carbons (Fsp3) is 0.333. The zero-order valence-corrected chi connectivity index (χ0v) is 15.0. The molecule has 2 atom stereocenters. The van der Waals surface area contributed by atoms with Crippen LogP contribution in [-0.2, 0) is 0 Å². The topological polar surface area (TPSA) is 42.7 Å². The molecule has 1 aromatic heterocycles.